The Bertz CT molecular complexity index is 792. The van der Waals surface area contributed by atoms with Crippen LogP contribution in [0.25, 0.3) is 11.0 Å². The smallest absolute Gasteiger partial charge is 0.379 e. The van der Waals surface area contributed by atoms with E-state index in [1.807, 2.05) is 30.3 Å². The zero-order valence-electron chi connectivity index (χ0n) is 9.80. The van der Waals surface area contributed by atoms with E-state index in [0.717, 1.165) is 9.86 Å². The van der Waals surface area contributed by atoms with E-state index in [0.29, 0.717) is 11.3 Å². The molecule has 1 heterocycles. The molecule has 0 aliphatic carbocycles. The zero-order valence-corrected chi connectivity index (χ0v) is 11.4. The topological polar surface area (TPSA) is 39.4 Å². The number of hydrogen-bond donors (Lipinski definition) is 0. The Labute approximate surface area is 117 Å². The van der Waals surface area contributed by atoms with Crippen LogP contribution < -0.4 is 10.4 Å². The van der Waals surface area contributed by atoms with Gasteiger partial charge in [-0.2, -0.15) is 0 Å². The molecule has 0 unspecified atom stereocenters. The minimum atomic E-state index is -0.487. The fourth-order valence-corrected chi connectivity index (χ4v) is 2.15. The van der Waals surface area contributed by atoms with Gasteiger partial charge in [-0.1, -0.05) is 40.2 Å². The maximum Gasteiger partial charge on any atom is 0.379 e. The first-order valence-corrected chi connectivity index (χ1v) is 6.48. The van der Waals surface area contributed by atoms with E-state index in [4.69, 9.17) is 9.15 Å². The van der Waals surface area contributed by atoms with E-state index in [2.05, 4.69) is 15.9 Å². The van der Waals surface area contributed by atoms with Crippen LogP contribution in [0.4, 0.5) is 0 Å². The Morgan fingerprint density at radius 3 is 2.68 bits per heavy atom. The molecule has 19 heavy (non-hydrogen) atoms. The average Bonchev–Trinajstić information content (AvgIpc) is 2.40. The van der Waals surface area contributed by atoms with Gasteiger partial charge >= 0.3 is 5.63 Å². The number of para-hydroxylation sites is 1. The Kier molecular flexibility index (Phi) is 3.09. The van der Waals surface area contributed by atoms with Crippen molar-refractivity contribution in [3.63, 3.8) is 0 Å². The number of fused-ring (bicyclic) bond motifs is 1. The molecule has 94 valence electrons. The molecule has 0 radical (unpaired) electrons. The van der Waals surface area contributed by atoms with Gasteiger partial charge in [0.1, 0.15) is 11.3 Å². The number of ether oxygens (including phenoxy) is 1. The fraction of sp³-hybridized carbons (Fsp3) is 0. The van der Waals surface area contributed by atoms with E-state index in [1.54, 1.807) is 24.3 Å². The highest BCUT2D eigenvalue weighted by atomic mass is 79.9. The maximum absolute atomic E-state index is 11.8. The molecule has 0 saturated heterocycles. The highest BCUT2D eigenvalue weighted by Crippen LogP contribution is 2.24. The first kappa shape index (κ1) is 12.0. The summed E-state index contributed by atoms with van der Waals surface area (Å²) in [5.41, 5.74) is 0.0627. The van der Waals surface area contributed by atoms with Gasteiger partial charge < -0.3 is 9.15 Å². The van der Waals surface area contributed by atoms with E-state index < -0.39 is 5.63 Å². The fourth-order valence-electron chi connectivity index (χ4n) is 1.77. The average molecular weight is 317 g/mol. The quantitative estimate of drug-likeness (QED) is 0.660. The lowest BCUT2D eigenvalue weighted by Crippen LogP contribution is -2.02. The molecule has 3 aromatic rings. The van der Waals surface area contributed by atoms with Gasteiger partial charge in [-0.15, -0.1) is 0 Å². The van der Waals surface area contributed by atoms with Crippen LogP contribution in [0, 0.1) is 0 Å². The van der Waals surface area contributed by atoms with E-state index in [9.17, 15) is 4.79 Å². The van der Waals surface area contributed by atoms with Gasteiger partial charge in [0.05, 0.1) is 0 Å². The molecule has 0 atom stereocenters. The van der Waals surface area contributed by atoms with Gasteiger partial charge in [0.15, 0.2) is 0 Å². The lowest BCUT2D eigenvalue weighted by atomic mass is 10.2. The van der Waals surface area contributed by atoms with Gasteiger partial charge in [0.25, 0.3) is 0 Å². The van der Waals surface area contributed by atoms with Crippen molar-refractivity contribution in [2.45, 2.75) is 0 Å². The van der Waals surface area contributed by atoms with Crippen LogP contribution in [-0.4, -0.2) is 0 Å². The summed E-state index contributed by atoms with van der Waals surface area (Å²) in [5.74, 6) is 0.758. The molecule has 0 saturated carbocycles. The summed E-state index contributed by atoms with van der Waals surface area (Å²) in [5, 5.41) is 0.826. The number of benzene rings is 2. The van der Waals surface area contributed by atoms with E-state index in [1.165, 1.54) is 0 Å². The third-order valence-corrected chi connectivity index (χ3v) is 3.13. The van der Waals surface area contributed by atoms with Crippen molar-refractivity contribution in [2.24, 2.45) is 0 Å². The molecule has 0 amide bonds. The standard InChI is InChI=1S/C15H9BrO3/c16-11-5-3-6-12(9-11)18-14-8-10-4-1-2-7-13(10)19-15(14)17/h1-9H. The van der Waals surface area contributed by atoms with E-state index in [-0.39, 0.29) is 5.75 Å². The van der Waals surface area contributed by atoms with Crippen LogP contribution >= 0.6 is 15.9 Å². The summed E-state index contributed by atoms with van der Waals surface area (Å²) in [7, 11) is 0. The van der Waals surface area contributed by atoms with Crippen molar-refractivity contribution < 1.29 is 9.15 Å². The van der Waals surface area contributed by atoms with Gasteiger partial charge in [0, 0.05) is 9.86 Å². The van der Waals surface area contributed by atoms with Gasteiger partial charge in [-0.3, -0.25) is 0 Å². The zero-order chi connectivity index (χ0) is 13.2. The molecule has 1 aromatic heterocycles. The summed E-state index contributed by atoms with van der Waals surface area (Å²) < 4.78 is 11.6. The molecule has 3 rings (SSSR count). The number of hydrogen-bond acceptors (Lipinski definition) is 3. The highest BCUT2D eigenvalue weighted by Gasteiger charge is 2.07. The molecule has 0 aliphatic rings. The second-order valence-electron chi connectivity index (χ2n) is 4.00. The van der Waals surface area contributed by atoms with Gasteiger partial charge in [0.2, 0.25) is 5.75 Å². The van der Waals surface area contributed by atoms with Crippen molar-refractivity contribution in [1.82, 2.24) is 0 Å². The first-order chi connectivity index (χ1) is 9.22. The lowest BCUT2D eigenvalue weighted by Gasteiger charge is -2.05. The minimum Gasteiger partial charge on any atom is -0.450 e. The van der Waals surface area contributed by atoms with Crippen molar-refractivity contribution in [3.05, 3.63) is 69.5 Å². The predicted molar refractivity (Wildman–Crippen MR) is 76.7 cm³/mol. The Morgan fingerprint density at radius 2 is 1.84 bits per heavy atom. The minimum absolute atomic E-state index is 0.178. The monoisotopic (exact) mass is 316 g/mol. The molecule has 3 nitrogen and oxygen atoms in total. The molecule has 0 aliphatic heterocycles. The van der Waals surface area contributed by atoms with Crippen LogP contribution in [0.1, 0.15) is 0 Å². The first-order valence-electron chi connectivity index (χ1n) is 5.69. The third kappa shape index (κ3) is 2.53. The van der Waals surface area contributed by atoms with Crippen LogP contribution in [-0.2, 0) is 0 Å². The summed E-state index contributed by atoms with van der Waals surface area (Å²) in [6.07, 6.45) is 0. The Morgan fingerprint density at radius 1 is 1.00 bits per heavy atom. The molecule has 4 heteroatoms. The largest absolute Gasteiger partial charge is 0.450 e. The molecular formula is C15H9BrO3. The maximum atomic E-state index is 11.8. The van der Waals surface area contributed by atoms with Crippen LogP contribution in [0.15, 0.2) is 68.3 Å². The van der Waals surface area contributed by atoms with Gasteiger partial charge in [-0.25, -0.2) is 4.79 Å². The molecule has 0 fully saturated rings. The molecule has 0 N–H and O–H groups in total. The summed E-state index contributed by atoms with van der Waals surface area (Å²) in [6.45, 7) is 0. The Hall–Kier alpha value is -2.07. The third-order valence-electron chi connectivity index (χ3n) is 2.63. The molecule has 0 spiro atoms. The highest BCUT2D eigenvalue weighted by molar-refractivity contribution is 9.10. The van der Waals surface area contributed by atoms with Crippen molar-refractivity contribution in [1.29, 1.82) is 0 Å². The molecule has 2 aromatic carbocycles. The van der Waals surface area contributed by atoms with Gasteiger partial charge in [-0.05, 0) is 30.3 Å². The second-order valence-corrected chi connectivity index (χ2v) is 4.91. The van der Waals surface area contributed by atoms with Crippen molar-refractivity contribution in [3.8, 4) is 11.5 Å². The van der Waals surface area contributed by atoms with Crippen LogP contribution in [0.3, 0.4) is 0 Å². The SMILES string of the molecule is O=c1oc2ccccc2cc1Oc1cccc(Br)c1. The van der Waals surface area contributed by atoms with Crippen molar-refractivity contribution >= 4 is 26.9 Å². The predicted octanol–water partition coefficient (Wildman–Crippen LogP) is 4.35. The summed E-state index contributed by atoms with van der Waals surface area (Å²) in [4.78, 5) is 11.8. The van der Waals surface area contributed by atoms with Crippen molar-refractivity contribution in [2.75, 3.05) is 0 Å². The van der Waals surface area contributed by atoms with E-state index >= 15 is 0 Å². The second kappa shape index (κ2) is 4.90. The van der Waals surface area contributed by atoms with Crippen LogP contribution in [0.5, 0.6) is 11.5 Å². The molecule has 0 bridgehead atoms. The normalized spacial score (nSPS) is 10.6. The number of halogens is 1. The lowest BCUT2D eigenvalue weighted by molar-refractivity contribution is 0.437. The Balaban J connectivity index is 2.05. The molecular weight excluding hydrogens is 308 g/mol. The summed E-state index contributed by atoms with van der Waals surface area (Å²) in [6, 6.07) is 16.3. The summed E-state index contributed by atoms with van der Waals surface area (Å²) >= 11 is 3.35. The number of rotatable bonds is 2. The van der Waals surface area contributed by atoms with Crippen LogP contribution in [0.2, 0.25) is 0 Å².